The van der Waals surface area contributed by atoms with Crippen LogP contribution in [0.4, 0.5) is 5.82 Å². The summed E-state index contributed by atoms with van der Waals surface area (Å²) >= 11 is 0. The van der Waals surface area contributed by atoms with Crippen molar-refractivity contribution in [1.29, 1.82) is 0 Å². The molecule has 3 aromatic rings. The van der Waals surface area contributed by atoms with Gasteiger partial charge in [-0.25, -0.2) is 4.99 Å². The van der Waals surface area contributed by atoms with Crippen molar-refractivity contribution in [3.63, 3.8) is 0 Å². The molecule has 0 saturated heterocycles. The molecule has 1 aliphatic rings. The van der Waals surface area contributed by atoms with E-state index in [1.54, 1.807) is 0 Å². The highest BCUT2D eigenvalue weighted by atomic mass is 15.1. The molecule has 0 atom stereocenters. The Kier molecular flexibility index (Phi) is 2.03. The van der Waals surface area contributed by atoms with E-state index in [9.17, 15) is 0 Å². The summed E-state index contributed by atoms with van der Waals surface area (Å²) in [4.78, 5) is 4.63. The molecule has 1 aliphatic heterocycles. The van der Waals surface area contributed by atoms with Crippen molar-refractivity contribution in [2.45, 2.75) is 6.54 Å². The molecule has 19 heavy (non-hydrogen) atoms. The van der Waals surface area contributed by atoms with Crippen molar-refractivity contribution >= 4 is 22.4 Å². The second-order valence-corrected chi connectivity index (χ2v) is 4.82. The lowest BCUT2D eigenvalue weighted by atomic mass is 10.1. The van der Waals surface area contributed by atoms with Gasteiger partial charge in [-0.05, 0) is 5.56 Å². The molecule has 2 N–H and O–H groups in total. The maximum absolute atomic E-state index is 6.15. The SMILES string of the molecule is NC1=Nc2c3ccccc3cn2Cc2ccccc21. The second-order valence-electron chi connectivity index (χ2n) is 4.82. The highest BCUT2D eigenvalue weighted by Crippen LogP contribution is 2.31. The molecule has 0 saturated carbocycles. The summed E-state index contributed by atoms with van der Waals surface area (Å²) < 4.78 is 2.17. The lowest BCUT2D eigenvalue weighted by molar-refractivity contribution is 0.817. The summed E-state index contributed by atoms with van der Waals surface area (Å²) in [5.74, 6) is 1.54. The van der Waals surface area contributed by atoms with Crippen LogP contribution in [0, 0.1) is 0 Å². The van der Waals surface area contributed by atoms with Gasteiger partial charge < -0.3 is 10.3 Å². The number of benzene rings is 2. The Hall–Kier alpha value is -2.55. The molecule has 0 spiro atoms. The van der Waals surface area contributed by atoms with E-state index in [1.165, 1.54) is 10.9 Å². The van der Waals surface area contributed by atoms with Gasteiger partial charge in [0.15, 0.2) is 0 Å². The molecule has 0 unspecified atom stereocenters. The van der Waals surface area contributed by atoms with Crippen LogP contribution in [-0.2, 0) is 6.54 Å². The molecule has 3 nitrogen and oxygen atoms in total. The van der Waals surface area contributed by atoms with Crippen molar-refractivity contribution < 1.29 is 0 Å². The Morgan fingerprint density at radius 1 is 1.00 bits per heavy atom. The first kappa shape index (κ1) is 10.4. The monoisotopic (exact) mass is 247 g/mol. The van der Waals surface area contributed by atoms with Gasteiger partial charge in [-0.3, -0.25) is 0 Å². The van der Waals surface area contributed by atoms with E-state index in [4.69, 9.17) is 5.73 Å². The maximum Gasteiger partial charge on any atom is 0.143 e. The number of hydrogen-bond acceptors (Lipinski definition) is 2. The van der Waals surface area contributed by atoms with E-state index in [0.29, 0.717) is 5.84 Å². The molecule has 0 fully saturated rings. The van der Waals surface area contributed by atoms with Crippen molar-refractivity contribution in [3.8, 4) is 0 Å². The molecule has 1 aromatic heterocycles. The van der Waals surface area contributed by atoms with Crippen molar-refractivity contribution in [2.75, 3.05) is 0 Å². The van der Waals surface area contributed by atoms with Gasteiger partial charge in [0.25, 0.3) is 0 Å². The first-order valence-corrected chi connectivity index (χ1v) is 6.33. The molecule has 2 aromatic carbocycles. The summed E-state index contributed by atoms with van der Waals surface area (Å²) in [5.41, 5.74) is 8.40. The highest BCUT2D eigenvalue weighted by molar-refractivity contribution is 6.03. The number of hydrogen-bond donors (Lipinski definition) is 1. The predicted molar refractivity (Wildman–Crippen MR) is 77.9 cm³/mol. The summed E-state index contributed by atoms with van der Waals surface area (Å²) in [6.07, 6.45) is 2.14. The Morgan fingerprint density at radius 2 is 1.79 bits per heavy atom. The number of fused-ring (bicyclic) bond motifs is 4. The first-order chi connectivity index (χ1) is 9.33. The third-order valence-electron chi connectivity index (χ3n) is 3.63. The maximum atomic E-state index is 6.15. The Labute approximate surface area is 111 Å². The largest absolute Gasteiger partial charge is 0.383 e. The molecule has 0 bridgehead atoms. The summed E-state index contributed by atoms with van der Waals surface area (Å²) in [7, 11) is 0. The molecule has 0 amide bonds. The average molecular weight is 247 g/mol. The van der Waals surface area contributed by atoms with Crippen LogP contribution in [0.15, 0.2) is 59.7 Å². The van der Waals surface area contributed by atoms with Crippen molar-refractivity contribution in [3.05, 3.63) is 65.9 Å². The second kappa shape index (κ2) is 3.72. The fraction of sp³-hybridized carbons (Fsp3) is 0.0625. The van der Waals surface area contributed by atoms with E-state index in [-0.39, 0.29) is 0 Å². The molecule has 4 rings (SSSR count). The van der Waals surface area contributed by atoms with Crippen LogP contribution in [0.5, 0.6) is 0 Å². The number of nitrogens with two attached hydrogens (primary N) is 1. The lowest BCUT2D eigenvalue weighted by Crippen LogP contribution is -2.14. The zero-order chi connectivity index (χ0) is 12.8. The minimum atomic E-state index is 0.596. The minimum absolute atomic E-state index is 0.596. The van der Waals surface area contributed by atoms with Crippen LogP contribution in [-0.4, -0.2) is 10.4 Å². The summed E-state index contributed by atoms with van der Waals surface area (Å²) in [6, 6.07) is 16.5. The normalized spacial score (nSPS) is 13.6. The van der Waals surface area contributed by atoms with Crippen LogP contribution in [0.3, 0.4) is 0 Å². The standard InChI is InChI=1S/C16H13N3/c17-15-13-7-3-1-5-11(13)9-19-10-12-6-2-4-8-14(12)16(19)18-15/h1-8,10H,9H2,(H2,17,18). The molecule has 3 heteroatoms. The smallest absolute Gasteiger partial charge is 0.143 e. The van der Waals surface area contributed by atoms with Gasteiger partial charge in [-0.15, -0.1) is 0 Å². The third-order valence-corrected chi connectivity index (χ3v) is 3.63. The van der Waals surface area contributed by atoms with Gasteiger partial charge in [0, 0.05) is 29.1 Å². The van der Waals surface area contributed by atoms with Crippen LogP contribution in [0.1, 0.15) is 11.1 Å². The molecule has 2 heterocycles. The van der Waals surface area contributed by atoms with E-state index < -0.39 is 0 Å². The Morgan fingerprint density at radius 3 is 2.74 bits per heavy atom. The highest BCUT2D eigenvalue weighted by Gasteiger charge is 2.16. The topological polar surface area (TPSA) is 43.3 Å². The third kappa shape index (κ3) is 1.48. The quantitative estimate of drug-likeness (QED) is 0.652. The first-order valence-electron chi connectivity index (χ1n) is 6.33. The van der Waals surface area contributed by atoms with Gasteiger partial charge >= 0.3 is 0 Å². The lowest BCUT2D eigenvalue weighted by Gasteiger charge is -2.05. The average Bonchev–Trinajstić information content (AvgIpc) is 2.70. The molecular weight excluding hydrogens is 234 g/mol. The molecule has 0 aliphatic carbocycles. The number of amidine groups is 1. The van der Waals surface area contributed by atoms with Gasteiger partial charge in [-0.2, -0.15) is 0 Å². The van der Waals surface area contributed by atoms with Gasteiger partial charge in [-0.1, -0.05) is 48.5 Å². The van der Waals surface area contributed by atoms with E-state index in [1.807, 2.05) is 30.3 Å². The fourth-order valence-corrected chi connectivity index (χ4v) is 2.71. The predicted octanol–water partition coefficient (Wildman–Crippen LogP) is 3.04. The van der Waals surface area contributed by atoms with Crippen molar-refractivity contribution in [1.82, 2.24) is 4.57 Å². The summed E-state index contributed by atoms with van der Waals surface area (Å²) in [6.45, 7) is 0.810. The van der Waals surface area contributed by atoms with Crippen LogP contribution < -0.4 is 5.73 Å². The number of nitrogens with zero attached hydrogens (tertiary/aromatic N) is 2. The zero-order valence-electron chi connectivity index (χ0n) is 10.4. The fourth-order valence-electron chi connectivity index (χ4n) is 2.71. The number of aliphatic imine (C=N–C) groups is 1. The van der Waals surface area contributed by atoms with Gasteiger partial charge in [0.2, 0.25) is 0 Å². The molecular formula is C16H13N3. The zero-order valence-corrected chi connectivity index (χ0v) is 10.4. The minimum Gasteiger partial charge on any atom is -0.383 e. The van der Waals surface area contributed by atoms with Gasteiger partial charge in [0.05, 0.1) is 0 Å². The summed E-state index contributed by atoms with van der Waals surface area (Å²) in [5, 5.41) is 2.35. The van der Waals surface area contributed by atoms with Crippen LogP contribution >= 0.6 is 0 Å². The van der Waals surface area contributed by atoms with E-state index in [0.717, 1.165) is 23.3 Å². The number of rotatable bonds is 0. The Bertz CT molecular complexity index is 812. The van der Waals surface area contributed by atoms with E-state index in [2.05, 4.69) is 34.0 Å². The van der Waals surface area contributed by atoms with Crippen LogP contribution in [0.2, 0.25) is 0 Å². The number of aromatic nitrogens is 1. The van der Waals surface area contributed by atoms with E-state index >= 15 is 0 Å². The van der Waals surface area contributed by atoms with Gasteiger partial charge in [0.1, 0.15) is 11.7 Å². The molecule has 92 valence electrons. The Balaban J connectivity index is 2.05. The molecule has 0 radical (unpaired) electrons. The van der Waals surface area contributed by atoms with Crippen molar-refractivity contribution in [2.24, 2.45) is 10.7 Å². The van der Waals surface area contributed by atoms with Crippen LogP contribution in [0.25, 0.3) is 10.8 Å².